The Morgan fingerprint density at radius 2 is 1.83 bits per heavy atom. The van der Waals surface area contributed by atoms with Crippen LogP contribution in [0.15, 0.2) is 60.6 Å². The average molecular weight is 309 g/mol. The van der Waals surface area contributed by atoms with Crippen molar-refractivity contribution in [3.05, 3.63) is 60.6 Å². The van der Waals surface area contributed by atoms with Crippen LogP contribution in [0.2, 0.25) is 0 Å². The van der Waals surface area contributed by atoms with Crippen molar-refractivity contribution < 1.29 is 14.7 Å². The molecule has 116 valence electrons. The first-order chi connectivity index (χ1) is 11.2. The lowest BCUT2D eigenvalue weighted by molar-refractivity contribution is -0.137. The molecule has 1 aromatic carbocycles. The van der Waals surface area contributed by atoms with Crippen LogP contribution in [0.1, 0.15) is 0 Å². The fraction of sp³-hybridized carbons (Fsp3) is 0.118. The highest BCUT2D eigenvalue weighted by molar-refractivity contribution is 6.17. The fourth-order valence-electron chi connectivity index (χ4n) is 2.43. The van der Waals surface area contributed by atoms with Crippen LogP contribution in [-0.2, 0) is 9.59 Å². The molecule has 0 bridgehead atoms. The normalized spacial score (nSPS) is 14.1. The molecule has 0 radical (unpaired) electrons. The molecule has 2 aromatic rings. The Bertz CT molecular complexity index is 772. The number of hydrogen-bond donors (Lipinski definition) is 2. The van der Waals surface area contributed by atoms with Gasteiger partial charge >= 0.3 is 0 Å². The highest BCUT2D eigenvalue weighted by atomic mass is 16.3. The first kappa shape index (κ1) is 14.9. The van der Waals surface area contributed by atoms with Gasteiger partial charge in [0.2, 0.25) is 0 Å². The van der Waals surface area contributed by atoms with Crippen molar-refractivity contribution in [3.63, 3.8) is 0 Å². The van der Waals surface area contributed by atoms with Crippen LogP contribution in [-0.4, -0.2) is 40.0 Å². The van der Waals surface area contributed by atoms with Crippen LogP contribution in [0.4, 0.5) is 5.69 Å². The van der Waals surface area contributed by atoms with Crippen LogP contribution in [0.3, 0.4) is 0 Å². The van der Waals surface area contributed by atoms with Crippen molar-refractivity contribution in [3.8, 4) is 11.1 Å². The minimum absolute atomic E-state index is 0.00858. The lowest BCUT2D eigenvalue weighted by atomic mass is 10.0. The number of carbonyl (C=O) groups excluding carboxylic acids is 2. The summed E-state index contributed by atoms with van der Waals surface area (Å²) in [5.41, 5.74) is 2.77. The van der Waals surface area contributed by atoms with Crippen LogP contribution < -0.4 is 5.32 Å². The Kier molecular flexibility index (Phi) is 4.16. The van der Waals surface area contributed by atoms with Gasteiger partial charge in [0.1, 0.15) is 5.70 Å². The number of rotatable bonds is 5. The number of hydrogen-bond acceptors (Lipinski definition) is 5. The van der Waals surface area contributed by atoms with Crippen LogP contribution in [0.5, 0.6) is 0 Å². The van der Waals surface area contributed by atoms with Crippen molar-refractivity contribution in [1.29, 1.82) is 0 Å². The van der Waals surface area contributed by atoms with E-state index in [0.29, 0.717) is 0 Å². The molecule has 0 fully saturated rings. The van der Waals surface area contributed by atoms with E-state index >= 15 is 0 Å². The number of amides is 2. The van der Waals surface area contributed by atoms with Gasteiger partial charge in [0, 0.05) is 29.7 Å². The summed E-state index contributed by atoms with van der Waals surface area (Å²) in [7, 11) is 0. The van der Waals surface area contributed by atoms with Crippen molar-refractivity contribution in [2.24, 2.45) is 0 Å². The molecule has 1 aliphatic rings. The molecule has 6 heteroatoms. The molecule has 2 N–H and O–H groups in total. The second-order valence-electron chi connectivity index (χ2n) is 4.98. The molecule has 2 amide bonds. The summed E-state index contributed by atoms with van der Waals surface area (Å²) in [6, 6.07) is 11.2. The summed E-state index contributed by atoms with van der Waals surface area (Å²) in [6.07, 6.45) is 4.64. The Hall–Kier alpha value is -2.99. The number of anilines is 1. The predicted molar refractivity (Wildman–Crippen MR) is 85.2 cm³/mol. The number of aliphatic hydroxyl groups is 1. The molecule has 0 atom stereocenters. The number of pyridine rings is 1. The van der Waals surface area contributed by atoms with E-state index in [9.17, 15) is 9.59 Å². The quantitative estimate of drug-likeness (QED) is 0.816. The third-order valence-corrected chi connectivity index (χ3v) is 3.52. The smallest absolute Gasteiger partial charge is 0.277 e. The maximum Gasteiger partial charge on any atom is 0.277 e. The number of aliphatic hydroxyl groups excluding tert-OH is 1. The first-order valence-corrected chi connectivity index (χ1v) is 7.15. The molecule has 23 heavy (non-hydrogen) atoms. The molecular formula is C17H15N3O3. The zero-order chi connectivity index (χ0) is 16.2. The fourth-order valence-corrected chi connectivity index (χ4v) is 2.43. The molecule has 1 aromatic heterocycles. The third-order valence-electron chi connectivity index (χ3n) is 3.52. The van der Waals surface area contributed by atoms with Gasteiger partial charge in [-0.3, -0.25) is 19.5 Å². The van der Waals surface area contributed by atoms with Crippen LogP contribution in [0.25, 0.3) is 11.1 Å². The molecule has 3 rings (SSSR count). The highest BCUT2D eigenvalue weighted by Crippen LogP contribution is 2.29. The number of nitrogens with zero attached hydrogens (tertiary/aromatic N) is 2. The summed E-state index contributed by atoms with van der Waals surface area (Å²) < 4.78 is 0. The van der Waals surface area contributed by atoms with E-state index in [0.717, 1.165) is 21.7 Å². The minimum atomic E-state index is -0.436. The standard InChI is InChI=1S/C17H15N3O3/c21-10-9-20-16(22)11-15(17(20)23)19-14-4-2-1-3-13(14)12-5-7-18-8-6-12/h1-8,11,19,21H,9-10H2. The summed E-state index contributed by atoms with van der Waals surface area (Å²) in [5, 5.41) is 12.0. The van der Waals surface area contributed by atoms with Crippen molar-refractivity contribution in [1.82, 2.24) is 9.88 Å². The van der Waals surface area contributed by atoms with Gasteiger partial charge < -0.3 is 10.4 Å². The Balaban J connectivity index is 1.89. The number of para-hydroxylation sites is 1. The zero-order valence-electron chi connectivity index (χ0n) is 12.3. The lowest BCUT2D eigenvalue weighted by Crippen LogP contribution is -2.34. The molecular weight excluding hydrogens is 294 g/mol. The number of benzene rings is 1. The number of imide groups is 1. The summed E-state index contributed by atoms with van der Waals surface area (Å²) in [4.78, 5) is 29.0. The van der Waals surface area contributed by atoms with E-state index < -0.39 is 11.8 Å². The van der Waals surface area contributed by atoms with Gasteiger partial charge in [0.15, 0.2) is 0 Å². The van der Waals surface area contributed by atoms with E-state index in [4.69, 9.17) is 5.11 Å². The van der Waals surface area contributed by atoms with Crippen LogP contribution in [0, 0.1) is 0 Å². The Morgan fingerprint density at radius 3 is 2.57 bits per heavy atom. The monoisotopic (exact) mass is 309 g/mol. The molecule has 0 unspecified atom stereocenters. The van der Waals surface area contributed by atoms with Crippen molar-refractivity contribution >= 4 is 17.5 Å². The van der Waals surface area contributed by atoms with E-state index in [2.05, 4.69) is 10.3 Å². The molecule has 0 spiro atoms. The van der Waals surface area contributed by atoms with Gasteiger partial charge in [0.25, 0.3) is 11.8 Å². The van der Waals surface area contributed by atoms with Gasteiger partial charge in [-0.25, -0.2) is 0 Å². The summed E-state index contributed by atoms with van der Waals surface area (Å²) >= 11 is 0. The zero-order valence-corrected chi connectivity index (χ0v) is 12.3. The SMILES string of the molecule is O=C1C=C(Nc2ccccc2-c2ccncc2)C(=O)N1CCO. The first-order valence-electron chi connectivity index (χ1n) is 7.15. The molecule has 2 heterocycles. The van der Waals surface area contributed by atoms with Gasteiger partial charge in [0.05, 0.1) is 13.2 Å². The van der Waals surface area contributed by atoms with E-state index in [1.165, 1.54) is 6.08 Å². The molecule has 0 saturated carbocycles. The molecule has 1 aliphatic heterocycles. The molecule has 0 saturated heterocycles. The Morgan fingerprint density at radius 1 is 1.09 bits per heavy atom. The van der Waals surface area contributed by atoms with E-state index in [1.54, 1.807) is 12.4 Å². The summed E-state index contributed by atoms with van der Waals surface area (Å²) in [5.74, 6) is -0.860. The number of β-amino-alcohol motifs (C(OH)–C–C–N with tert-alkyl or cyclic N) is 1. The average Bonchev–Trinajstić information content (AvgIpc) is 2.84. The van der Waals surface area contributed by atoms with E-state index in [1.807, 2.05) is 36.4 Å². The number of aromatic nitrogens is 1. The second-order valence-corrected chi connectivity index (χ2v) is 4.98. The predicted octanol–water partition coefficient (Wildman–Crippen LogP) is 1.41. The number of carbonyl (C=O) groups is 2. The highest BCUT2D eigenvalue weighted by Gasteiger charge is 2.30. The van der Waals surface area contributed by atoms with Gasteiger partial charge in [-0.2, -0.15) is 0 Å². The second kappa shape index (κ2) is 6.41. The number of nitrogens with one attached hydrogen (secondary N) is 1. The topological polar surface area (TPSA) is 82.5 Å². The molecule has 0 aliphatic carbocycles. The van der Waals surface area contributed by atoms with Gasteiger partial charge in [-0.15, -0.1) is 0 Å². The largest absolute Gasteiger partial charge is 0.395 e. The maximum absolute atomic E-state index is 12.2. The lowest BCUT2D eigenvalue weighted by Gasteiger charge is -2.15. The van der Waals surface area contributed by atoms with E-state index in [-0.39, 0.29) is 18.8 Å². The molecule has 6 nitrogen and oxygen atoms in total. The Labute approximate surface area is 133 Å². The van der Waals surface area contributed by atoms with Crippen molar-refractivity contribution in [2.75, 3.05) is 18.5 Å². The van der Waals surface area contributed by atoms with Crippen molar-refractivity contribution in [2.45, 2.75) is 0 Å². The van der Waals surface area contributed by atoms with Crippen LogP contribution >= 0.6 is 0 Å². The summed E-state index contributed by atoms with van der Waals surface area (Å²) in [6.45, 7) is -0.266. The maximum atomic E-state index is 12.2. The minimum Gasteiger partial charge on any atom is -0.395 e. The van der Waals surface area contributed by atoms with Gasteiger partial charge in [-0.1, -0.05) is 18.2 Å². The third kappa shape index (κ3) is 2.97. The van der Waals surface area contributed by atoms with Gasteiger partial charge in [-0.05, 0) is 23.8 Å².